The van der Waals surface area contributed by atoms with Gasteiger partial charge in [-0.2, -0.15) is 0 Å². The van der Waals surface area contributed by atoms with E-state index in [4.69, 9.17) is 0 Å². The number of anilines is 1. The molecular weight excluding hydrogens is 193 g/mol. The summed E-state index contributed by atoms with van der Waals surface area (Å²) in [4.78, 5) is 12.6. The van der Waals surface area contributed by atoms with Crippen molar-refractivity contribution < 1.29 is 9.18 Å². The summed E-state index contributed by atoms with van der Waals surface area (Å²) in [7, 11) is 1.84. The average Bonchev–Trinajstić information content (AvgIpc) is 2.16. The van der Waals surface area contributed by atoms with Gasteiger partial charge in [-0.3, -0.25) is 4.79 Å². The van der Waals surface area contributed by atoms with Gasteiger partial charge in [0.1, 0.15) is 5.82 Å². The Kier molecular flexibility index (Phi) is 3.61. The maximum Gasteiger partial charge on any atom is 0.152 e. The van der Waals surface area contributed by atoms with Crippen LogP contribution in [0, 0.1) is 5.82 Å². The molecule has 0 aliphatic carbocycles. The number of halogens is 1. The normalized spacial score (nSPS) is 9.80. The molecule has 0 saturated carbocycles. The summed E-state index contributed by atoms with van der Waals surface area (Å²) in [5.41, 5.74) is 2.06. The summed E-state index contributed by atoms with van der Waals surface area (Å²) in [5, 5.41) is 0. The molecule has 0 N–H and O–H groups in total. The molecule has 0 aromatic heterocycles. The predicted molar refractivity (Wildman–Crippen MR) is 59.9 cm³/mol. The van der Waals surface area contributed by atoms with Gasteiger partial charge in [0.05, 0.1) is 0 Å². The Morgan fingerprint density at radius 1 is 1.60 bits per heavy atom. The number of likely N-dealkylation sites (N-methyl/N-ethyl adjacent to an activating group) is 1. The number of carbonyl (C=O) groups excluding carboxylic acids is 1. The smallest absolute Gasteiger partial charge is 0.152 e. The van der Waals surface area contributed by atoms with Gasteiger partial charge in [-0.05, 0) is 25.1 Å². The standard InChI is InChI=1S/C12H14FNO/c1-9(2)7-14(3)12-5-4-11(13)6-10(12)8-15/h4-6,8H,1,7H2,2-3H3. The van der Waals surface area contributed by atoms with E-state index in [0.717, 1.165) is 11.3 Å². The summed E-state index contributed by atoms with van der Waals surface area (Å²) in [5.74, 6) is -0.399. The van der Waals surface area contributed by atoms with Crippen molar-refractivity contribution in [1.82, 2.24) is 0 Å². The molecule has 80 valence electrons. The Hall–Kier alpha value is -1.64. The minimum absolute atomic E-state index is 0.360. The molecular formula is C12H14FNO. The molecule has 15 heavy (non-hydrogen) atoms. The quantitative estimate of drug-likeness (QED) is 0.558. The molecule has 1 aromatic carbocycles. The number of aldehydes is 1. The van der Waals surface area contributed by atoms with Crippen LogP contribution >= 0.6 is 0 Å². The highest BCUT2D eigenvalue weighted by Crippen LogP contribution is 2.19. The first-order chi connectivity index (χ1) is 7.04. The zero-order chi connectivity index (χ0) is 11.4. The number of hydrogen-bond acceptors (Lipinski definition) is 2. The van der Waals surface area contributed by atoms with E-state index in [9.17, 15) is 9.18 Å². The van der Waals surface area contributed by atoms with Crippen LogP contribution in [-0.2, 0) is 0 Å². The number of nitrogens with zero attached hydrogens (tertiary/aromatic N) is 1. The molecule has 0 unspecified atom stereocenters. The Labute approximate surface area is 89.0 Å². The molecule has 0 aliphatic rings. The van der Waals surface area contributed by atoms with Crippen molar-refractivity contribution in [1.29, 1.82) is 0 Å². The van der Waals surface area contributed by atoms with Gasteiger partial charge in [-0.1, -0.05) is 12.2 Å². The van der Waals surface area contributed by atoms with Crippen LogP contribution in [0.25, 0.3) is 0 Å². The fourth-order valence-corrected chi connectivity index (χ4v) is 1.46. The first kappa shape index (κ1) is 11.4. The molecule has 0 atom stereocenters. The van der Waals surface area contributed by atoms with Crippen LogP contribution in [0.3, 0.4) is 0 Å². The van der Waals surface area contributed by atoms with E-state index < -0.39 is 5.82 Å². The molecule has 0 fully saturated rings. The maximum atomic E-state index is 12.9. The average molecular weight is 207 g/mol. The second-order valence-electron chi connectivity index (χ2n) is 3.63. The van der Waals surface area contributed by atoms with E-state index in [1.165, 1.54) is 12.1 Å². The minimum Gasteiger partial charge on any atom is -0.370 e. The Bertz CT molecular complexity index is 387. The van der Waals surface area contributed by atoms with Gasteiger partial charge >= 0.3 is 0 Å². The van der Waals surface area contributed by atoms with E-state index in [1.54, 1.807) is 6.07 Å². The molecule has 1 aromatic rings. The van der Waals surface area contributed by atoms with Gasteiger partial charge in [-0.15, -0.1) is 0 Å². The monoisotopic (exact) mass is 207 g/mol. The molecule has 1 rings (SSSR count). The Balaban J connectivity index is 3.02. The second-order valence-corrected chi connectivity index (χ2v) is 3.63. The van der Waals surface area contributed by atoms with Crippen LogP contribution in [0.1, 0.15) is 17.3 Å². The van der Waals surface area contributed by atoms with Gasteiger partial charge in [0.15, 0.2) is 6.29 Å². The first-order valence-corrected chi connectivity index (χ1v) is 4.65. The third-order valence-corrected chi connectivity index (χ3v) is 2.03. The Morgan fingerprint density at radius 2 is 2.27 bits per heavy atom. The zero-order valence-corrected chi connectivity index (χ0v) is 8.96. The molecule has 0 aliphatic heterocycles. The minimum atomic E-state index is -0.399. The zero-order valence-electron chi connectivity index (χ0n) is 8.96. The van der Waals surface area contributed by atoms with Crippen LogP contribution in [0.2, 0.25) is 0 Å². The topological polar surface area (TPSA) is 20.3 Å². The molecule has 0 radical (unpaired) electrons. The fraction of sp³-hybridized carbons (Fsp3) is 0.250. The highest BCUT2D eigenvalue weighted by atomic mass is 19.1. The van der Waals surface area contributed by atoms with Crippen LogP contribution < -0.4 is 4.90 Å². The molecule has 0 heterocycles. The summed E-state index contributed by atoms with van der Waals surface area (Å²) < 4.78 is 12.9. The van der Waals surface area contributed by atoms with Crippen molar-refractivity contribution in [3.05, 3.63) is 41.7 Å². The second kappa shape index (κ2) is 4.73. The number of carbonyl (C=O) groups is 1. The summed E-state index contributed by atoms with van der Waals surface area (Å²) in [6.45, 7) is 6.34. The van der Waals surface area contributed by atoms with Gasteiger partial charge < -0.3 is 4.90 Å². The lowest BCUT2D eigenvalue weighted by Gasteiger charge is -2.20. The van der Waals surface area contributed by atoms with Gasteiger partial charge in [0.2, 0.25) is 0 Å². The first-order valence-electron chi connectivity index (χ1n) is 4.65. The highest BCUT2D eigenvalue weighted by molar-refractivity contribution is 5.84. The van der Waals surface area contributed by atoms with Crippen molar-refractivity contribution in [3.8, 4) is 0 Å². The van der Waals surface area contributed by atoms with Crippen molar-refractivity contribution in [2.45, 2.75) is 6.92 Å². The summed E-state index contributed by atoms with van der Waals surface area (Å²) in [6, 6.07) is 4.18. The third-order valence-electron chi connectivity index (χ3n) is 2.03. The van der Waals surface area contributed by atoms with Crippen LogP contribution in [0.15, 0.2) is 30.4 Å². The lowest BCUT2D eigenvalue weighted by Crippen LogP contribution is -2.20. The molecule has 0 bridgehead atoms. The maximum absolute atomic E-state index is 12.9. The van der Waals surface area contributed by atoms with Gasteiger partial charge in [-0.25, -0.2) is 4.39 Å². The molecule has 0 saturated heterocycles. The molecule has 3 heteroatoms. The number of rotatable bonds is 4. The van der Waals surface area contributed by atoms with Crippen molar-refractivity contribution in [2.75, 3.05) is 18.5 Å². The largest absolute Gasteiger partial charge is 0.370 e. The van der Waals surface area contributed by atoms with E-state index in [0.29, 0.717) is 18.4 Å². The number of benzene rings is 1. The van der Waals surface area contributed by atoms with E-state index in [2.05, 4.69) is 6.58 Å². The fourth-order valence-electron chi connectivity index (χ4n) is 1.46. The number of hydrogen-bond donors (Lipinski definition) is 0. The van der Waals surface area contributed by atoms with E-state index in [1.807, 2.05) is 18.9 Å². The van der Waals surface area contributed by atoms with Gasteiger partial charge in [0, 0.05) is 24.8 Å². The molecule has 0 spiro atoms. The lowest BCUT2D eigenvalue weighted by molar-refractivity contribution is 0.112. The SMILES string of the molecule is C=C(C)CN(C)c1ccc(F)cc1C=O. The van der Waals surface area contributed by atoms with Gasteiger partial charge in [0.25, 0.3) is 0 Å². The third kappa shape index (κ3) is 2.91. The Morgan fingerprint density at radius 3 is 2.80 bits per heavy atom. The highest BCUT2D eigenvalue weighted by Gasteiger charge is 2.07. The van der Waals surface area contributed by atoms with Crippen LogP contribution in [-0.4, -0.2) is 19.9 Å². The molecule has 0 amide bonds. The van der Waals surface area contributed by atoms with Crippen molar-refractivity contribution in [2.24, 2.45) is 0 Å². The summed E-state index contributed by atoms with van der Waals surface area (Å²) >= 11 is 0. The van der Waals surface area contributed by atoms with Crippen LogP contribution in [0.4, 0.5) is 10.1 Å². The molecule has 2 nitrogen and oxygen atoms in total. The van der Waals surface area contributed by atoms with Crippen molar-refractivity contribution in [3.63, 3.8) is 0 Å². The van der Waals surface area contributed by atoms with Crippen LogP contribution in [0.5, 0.6) is 0 Å². The van der Waals surface area contributed by atoms with E-state index in [-0.39, 0.29) is 0 Å². The lowest BCUT2D eigenvalue weighted by atomic mass is 10.1. The predicted octanol–water partition coefficient (Wildman–Crippen LogP) is 2.65. The summed E-state index contributed by atoms with van der Waals surface area (Å²) in [6.07, 6.45) is 0.660. The van der Waals surface area contributed by atoms with E-state index >= 15 is 0 Å². The van der Waals surface area contributed by atoms with Crippen molar-refractivity contribution >= 4 is 12.0 Å².